The molecule has 0 fully saturated rings. The van der Waals surface area contributed by atoms with E-state index in [2.05, 4.69) is 20.8 Å². The van der Waals surface area contributed by atoms with Gasteiger partial charge in [-0.05, 0) is 117 Å². The van der Waals surface area contributed by atoms with Crippen molar-refractivity contribution in [3.8, 4) is 0 Å². The molecule has 6 atom stereocenters. The lowest BCUT2D eigenvalue weighted by molar-refractivity contribution is -0.157. The van der Waals surface area contributed by atoms with Gasteiger partial charge in [-0.25, -0.2) is 14.4 Å². The number of hydrogen-bond acceptors (Lipinski definition) is 18. The number of nitrogens with zero attached hydrogens (tertiary/aromatic N) is 2. The summed E-state index contributed by atoms with van der Waals surface area (Å²) in [5.41, 5.74) is 0. The zero-order valence-electron chi connectivity index (χ0n) is 47.5. The zero-order valence-corrected chi connectivity index (χ0v) is 47.5. The summed E-state index contributed by atoms with van der Waals surface area (Å²) in [6.07, 6.45) is 18.4. The lowest BCUT2D eigenvalue weighted by Crippen LogP contribution is -2.45. The van der Waals surface area contributed by atoms with Crippen molar-refractivity contribution < 1.29 is 77.4 Å². The number of esters is 3. The van der Waals surface area contributed by atoms with E-state index in [1.54, 1.807) is 9.80 Å². The highest BCUT2D eigenvalue weighted by molar-refractivity contribution is 5.75. The van der Waals surface area contributed by atoms with Crippen molar-refractivity contribution in [2.45, 2.75) is 239 Å². The molecule has 0 heterocycles. The van der Waals surface area contributed by atoms with Crippen LogP contribution in [0.15, 0.2) is 0 Å². The number of unbranched alkanes of at least 4 members (excludes halogenated alkanes) is 18. The van der Waals surface area contributed by atoms with E-state index < -0.39 is 36.2 Å². The Morgan fingerprint density at radius 3 is 0.851 bits per heavy atom. The van der Waals surface area contributed by atoms with E-state index >= 15 is 0 Å². The van der Waals surface area contributed by atoms with Crippen molar-refractivity contribution >= 4 is 17.9 Å². The average molecular weight is 1070 g/mol. The molecular formula is C56H110N2O16. The highest BCUT2D eigenvalue weighted by Crippen LogP contribution is 2.11. The molecule has 0 aliphatic heterocycles. The molecule has 0 rings (SSSR count). The number of aliphatic hydroxyl groups excluding tert-OH is 4. The monoisotopic (exact) mass is 1070 g/mol. The van der Waals surface area contributed by atoms with E-state index in [-0.39, 0.29) is 78.0 Å². The maximum absolute atomic E-state index is 12.9. The third-order valence-corrected chi connectivity index (χ3v) is 12.4. The van der Waals surface area contributed by atoms with Gasteiger partial charge in [0.1, 0.15) is 0 Å². The molecular weight excluding hydrogens is 957 g/mol. The van der Waals surface area contributed by atoms with Gasteiger partial charge in [0.15, 0.2) is 37.2 Å². The zero-order chi connectivity index (χ0) is 54.7. The van der Waals surface area contributed by atoms with Crippen molar-refractivity contribution in [1.82, 2.24) is 9.80 Å². The first-order chi connectivity index (χ1) is 35.9. The smallest absolute Gasteiger partial charge is 0.336 e. The van der Waals surface area contributed by atoms with Crippen LogP contribution in [0.2, 0.25) is 0 Å². The molecule has 0 aromatic rings. The highest BCUT2D eigenvalue weighted by Gasteiger charge is 2.26. The fraction of sp³-hybridized carbons (Fsp3) is 0.946. The van der Waals surface area contributed by atoms with Crippen LogP contribution in [0.4, 0.5) is 0 Å². The quantitative estimate of drug-likeness (QED) is 0.0195. The fourth-order valence-electron chi connectivity index (χ4n) is 7.87. The van der Waals surface area contributed by atoms with E-state index in [4.69, 9.17) is 42.6 Å². The molecule has 0 aromatic carbocycles. The van der Waals surface area contributed by atoms with Gasteiger partial charge in [-0.2, -0.15) is 0 Å². The molecule has 0 bridgehead atoms. The molecule has 0 aliphatic rings. The molecule has 0 amide bonds. The summed E-state index contributed by atoms with van der Waals surface area (Å²) in [5, 5.41) is 42.3. The number of ether oxygens (including phenoxy) is 9. The molecule has 0 saturated heterocycles. The van der Waals surface area contributed by atoms with Gasteiger partial charge >= 0.3 is 17.9 Å². The average Bonchev–Trinajstić information content (AvgIpc) is 3.38. The maximum Gasteiger partial charge on any atom is 0.336 e. The standard InChI is InChI=1S/C56H110N2O16/c1-7-10-13-22-36-66-48(4)69-39-25-16-19-28-42-72-54(63)51(60)45-57(34-35-59)32-31-33-58(46-52(61)55(64)73-43-29-20-17-26-40-70-49(5)67-37-23-14-11-8-2)47-53(62)56(65)74-44-30-21-18-27-41-71-50(6)68-38-24-15-12-9-3/h48-53,59-62H,7-47H2,1-6H3. The molecule has 0 radical (unpaired) electrons. The Kier molecular flexibility index (Phi) is 51.5. The van der Waals surface area contributed by atoms with Gasteiger partial charge in [0, 0.05) is 65.8 Å². The predicted molar refractivity (Wildman–Crippen MR) is 287 cm³/mol. The van der Waals surface area contributed by atoms with E-state index in [1.807, 2.05) is 20.8 Å². The Labute approximate surface area is 448 Å². The molecule has 6 unspecified atom stereocenters. The Hall–Kier alpha value is -2.07. The normalized spacial score (nSPS) is 14.3. The Balaban J connectivity index is 4.97. The third-order valence-electron chi connectivity index (χ3n) is 12.4. The molecule has 0 spiro atoms. The maximum atomic E-state index is 12.9. The van der Waals surface area contributed by atoms with Gasteiger partial charge in [-0.15, -0.1) is 0 Å². The molecule has 0 aliphatic carbocycles. The van der Waals surface area contributed by atoms with Gasteiger partial charge in [-0.3, -0.25) is 9.80 Å². The summed E-state index contributed by atoms with van der Waals surface area (Å²) in [5.74, 6) is -2.37. The topological polar surface area (TPSA) is 222 Å². The molecule has 18 nitrogen and oxygen atoms in total. The second-order valence-corrected chi connectivity index (χ2v) is 19.5. The summed E-state index contributed by atoms with van der Waals surface area (Å²) in [7, 11) is 0. The number of rotatable bonds is 57. The fourth-order valence-corrected chi connectivity index (χ4v) is 7.87. The largest absolute Gasteiger partial charge is 0.464 e. The minimum Gasteiger partial charge on any atom is -0.464 e. The van der Waals surface area contributed by atoms with Crippen molar-refractivity contribution in [2.75, 3.05) is 105 Å². The van der Waals surface area contributed by atoms with E-state index in [0.717, 1.165) is 96.3 Å². The first kappa shape index (κ1) is 71.9. The van der Waals surface area contributed by atoms with Gasteiger partial charge in [-0.1, -0.05) is 97.8 Å². The predicted octanol–water partition coefficient (Wildman–Crippen LogP) is 8.24. The van der Waals surface area contributed by atoms with Crippen LogP contribution in [-0.2, 0) is 57.0 Å². The SMILES string of the molecule is CCCCCCOC(C)OCCCCCCOC(=O)C(O)CN(CCO)CCCN(CC(O)C(=O)OCCCCCCOC(C)OCCCCCC)CC(O)C(=O)OCCCCCCOC(C)OCCCCCC. The van der Waals surface area contributed by atoms with Crippen LogP contribution < -0.4 is 0 Å². The Bertz CT molecular complexity index is 1200. The van der Waals surface area contributed by atoms with Crippen LogP contribution in [0.5, 0.6) is 0 Å². The van der Waals surface area contributed by atoms with Crippen LogP contribution in [0, 0.1) is 0 Å². The van der Waals surface area contributed by atoms with Gasteiger partial charge in [0.2, 0.25) is 0 Å². The van der Waals surface area contributed by atoms with E-state index in [0.29, 0.717) is 71.9 Å². The molecule has 0 aromatic heterocycles. The molecule has 0 saturated carbocycles. The molecule has 74 heavy (non-hydrogen) atoms. The molecule has 18 heteroatoms. The number of carbonyl (C=O) groups is 3. The molecule has 440 valence electrons. The lowest BCUT2D eigenvalue weighted by Gasteiger charge is -2.28. The second-order valence-electron chi connectivity index (χ2n) is 19.5. The third kappa shape index (κ3) is 46.1. The highest BCUT2D eigenvalue weighted by atomic mass is 16.7. The minimum atomic E-state index is -1.55. The van der Waals surface area contributed by atoms with E-state index in [9.17, 15) is 34.8 Å². The van der Waals surface area contributed by atoms with Gasteiger partial charge in [0.05, 0.1) is 26.4 Å². The summed E-state index contributed by atoms with van der Waals surface area (Å²) in [4.78, 5) is 41.8. The minimum absolute atomic E-state index is 0.0843. The van der Waals surface area contributed by atoms with Crippen molar-refractivity contribution in [2.24, 2.45) is 0 Å². The van der Waals surface area contributed by atoms with Crippen molar-refractivity contribution in [1.29, 1.82) is 0 Å². The Morgan fingerprint density at radius 2 is 0.581 bits per heavy atom. The first-order valence-corrected chi connectivity index (χ1v) is 29.2. The summed E-state index contributed by atoms with van der Waals surface area (Å²) in [6, 6.07) is 0. The number of hydrogen-bond donors (Lipinski definition) is 4. The number of carbonyl (C=O) groups excluding carboxylic acids is 3. The van der Waals surface area contributed by atoms with Crippen LogP contribution in [0.3, 0.4) is 0 Å². The van der Waals surface area contributed by atoms with Crippen LogP contribution >= 0.6 is 0 Å². The summed E-state index contributed by atoms with van der Waals surface area (Å²) >= 11 is 0. The first-order valence-electron chi connectivity index (χ1n) is 29.2. The van der Waals surface area contributed by atoms with Crippen molar-refractivity contribution in [3.63, 3.8) is 0 Å². The van der Waals surface area contributed by atoms with Gasteiger partial charge in [0.25, 0.3) is 0 Å². The number of aliphatic hydroxyl groups is 4. The van der Waals surface area contributed by atoms with Gasteiger partial charge < -0.3 is 63.1 Å². The van der Waals surface area contributed by atoms with Crippen molar-refractivity contribution in [3.05, 3.63) is 0 Å². The summed E-state index contributed by atoms with van der Waals surface area (Å²) < 4.78 is 50.4. The second kappa shape index (κ2) is 53.0. The van der Waals surface area contributed by atoms with Crippen LogP contribution in [-0.4, -0.2) is 191 Å². The van der Waals surface area contributed by atoms with E-state index in [1.165, 1.54) is 38.5 Å². The summed E-state index contributed by atoms with van der Waals surface area (Å²) in [6.45, 7) is 16.5. The Morgan fingerprint density at radius 1 is 0.338 bits per heavy atom. The lowest BCUT2D eigenvalue weighted by atomic mass is 10.2. The van der Waals surface area contributed by atoms with Crippen LogP contribution in [0.1, 0.15) is 202 Å². The van der Waals surface area contributed by atoms with Crippen LogP contribution in [0.25, 0.3) is 0 Å². The molecule has 4 N–H and O–H groups in total.